The zero-order valence-corrected chi connectivity index (χ0v) is 16.9. The van der Waals surface area contributed by atoms with Crippen LogP contribution in [0.1, 0.15) is 49.8 Å². The minimum atomic E-state index is 0.253. The van der Waals surface area contributed by atoms with E-state index in [4.69, 9.17) is 0 Å². The molecule has 1 aromatic carbocycles. The standard InChI is InChI=1S/C25H29N3O/c29-17-23-7-4-12-28(23)16-22-14-21-13-20(8-9-24(21)27-22)25-15-19(10-11-26-25)18-5-2-1-3-6-18/h5,8-11,13-15,23,27,29H,1-4,6-7,12,16-17H2/t23-/m1/s1. The van der Waals surface area contributed by atoms with Crippen LogP contribution >= 0.6 is 0 Å². The maximum atomic E-state index is 9.57. The molecule has 29 heavy (non-hydrogen) atoms. The molecular formula is C25H29N3O. The zero-order chi connectivity index (χ0) is 19.6. The van der Waals surface area contributed by atoms with Crippen LogP contribution in [-0.2, 0) is 6.54 Å². The van der Waals surface area contributed by atoms with Crippen molar-refractivity contribution < 1.29 is 5.11 Å². The summed E-state index contributed by atoms with van der Waals surface area (Å²) in [5.74, 6) is 0. The lowest BCUT2D eigenvalue weighted by molar-refractivity contribution is 0.152. The average Bonchev–Trinajstić information content (AvgIpc) is 3.40. The first-order valence-electron chi connectivity index (χ1n) is 10.9. The van der Waals surface area contributed by atoms with Crippen LogP contribution in [-0.4, -0.2) is 39.2 Å². The summed E-state index contributed by atoms with van der Waals surface area (Å²) in [7, 11) is 0. The number of fused-ring (bicyclic) bond motifs is 1. The van der Waals surface area contributed by atoms with Crippen molar-refractivity contribution in [3.05, 3.63) is 59.9 Å². The van der Waals surface area contributed by atoms with E-state index in [1.807, 2.05) is 6.20 Å². The second-order valence-corrected chi connectivity index (χ2v) is 8.45. The van der Waals surface area contributed by atoms with Gasteiger partial charge in [0.05, 0.1) is 12.3 Å². The minimum absolute atomic E-state index is 0.253. The van der Waals surface area contributed by atoms with Crippen LogP contribution in [0, 0.1) is 0 Å². The fraction of sp³-hybridized carbons (Fsp3) is 0.400. The van der Waals surface area contributed by atoms with Gasteiger partial charge in [0.2, 0.25) is 0 Å². The number of aromatic nitrogens is 2. The van der Waals surface area contributed by atoms with Crippen LogP contribution in [0.3, 0.4) is 0 Å². The van der Waals surface area contributed by atoms with Gasteiger partial charge in [-0.2, -0.15) is 0 Å². The van der Waals surface area contributed by atoms with E-state index in [0.717, 1.165) is 36.3 Å². The van der Waals surface area contributed by atoms with Crippen LogP contribution in [0.2, 0.25) is 0 Å². The van der Waals surface area contributed by atoms with Gasteiger partial charge in [-0.1, -0.05) is 12.1 Å². The molecule has 0 spiro atoms. The maximum absolute atomic E-state index is 9.57. The molecule has 2 aliphatic rings. The number of hydrogen-bond donors (Lipinski definition) is 2. The van der Waals surface area contributed by atoms with Gasteiger partial charge >= 0.3 is 0 Å². The number of H-pyrrole nitrogens is 1. The van der Waals surface area contributed by atoms with Gasteiger partial charge in [-0.25, -0.2) is 0 Å². The van der Waals surface area contributed by atoms with Gasteiger partial charge in [0.25, 0.3) is 0 Å². The van der Waals surface area contributed by atoms with Crippen molar-refractivity contribution in [1.82, 2.24) is 14.9 Å². The summed E-state index contributed by atoms with van der Waals surface area (Å²) in [6.07, 6.45) is 11.6. The molecule has 1 aliphatic carbocycles. The molecule has 2 aromatic heterocycles. The lowest BCUT2D eigenvalue weighted by Crippen LogP contribution is -2.31. The summed E-state index contributed by atoms with van der Waals surface area (Å²) in [4.78, 5) is 10.6. The van der Waals surface area contributed by atoms with Crippen molar-refractivity contribution in [3.8, 4) is 11.3 Å². The van der Waals surface area contributed by atoms with E-state index in [-0.39, 0.29) is 6.61 Å². The Morgan fingerprint density at radius 1 is 1.07 bits per heavy atom. The average molecular weight is 388 g/mol. The molecule has 4 heteroatoms. The molecule has 0 saturated carbocycles. The van der Waals surface area contributed by atoms with Gasteiger partial charge < -0.3 is 10.1 Å². The second kappa shape index (κ2) is 8.13. The first-order valence-corrected chi connectivity index (χ1v) is 10.9. The predicted octanol–water partition coefficient (Wildman–Crippen LogP) is 5.14. The Kier molecular flexibility index (Phi) is 5.21. The zero-order valence-electron chi connectivity index (χ0n) is 16.9. The lowest BCUT2D eigenvalue weighted by Gasteiger charge is -2.21. The van der Waals surface area contributed by atoms with E-state index in [1.54, 1.807) is 0 Å². The van der Waals surface area contributed by atoms with Crippen LogP contribution in [0.5, 0.6) is 0 Å². The summed E-state index contributed by atoms with van der Waals surface area (Å²) in [5, 5.41) is 10.8. The summed E-state index contributed by atoms with van der Waals surface area (Å²) < 4.78 is 0. The molecule has 5 rings (SSSR count). The topological polar surface area (TPSA) is 52.1 Å². The number of allylic oxidation sites excluding steroid dienone is 2. The number of hydrogen-bond acceptors (Lipinski definition) is 3. The fourth-order valence-electron chi connectivity index (χ4n) is 4.85. The smallest absolute Gasteiger partial charge is 0.0708 e. The Labute approximate surface area is 172 Å². The number of nitrogens with zero attached hydrogens (tertiary/aromatic N) is 2. The lowest BCUT2D eigenvalue weighted by atomic mass is 9.93. The Hall–Kier alpha value is -2.43. The van der Waals surface area contributed by atoms with Gasteiger partial charge in [0.15, 0.2) is 0 Å². The SMILES string of the molecule is OC[C@H]1CCCN1Cc1cc2cc(-c3cc(C4=CCCCC4)ccn3)ccc2[nH]1. The number of rotatable bonds is 5. The minimum Gasteiger partial charge on any atom is -0.395 e. The van der Waals surface area contributed by atoms with E-state index in [2.05, 4.69) is 57.3 Å². The Bertz CT molecular complexity index is 1040. The van der Waals surface area contributed by atoms with Crippen molar-refractivity contribution in [1.29, 1.82) is 0 Å². The highest BCUT2D eigenvalue weighted by atomic mass is 16.3. The monoisotopic (exact) mass is 387 g/mol. The molecule has 2 N–H and O–H groups in total. The Balaban J connectivity index is 1.41. The molecule has 0 unspecified atom stereocenters. The molecule has 150 valence electrons. The molecule has 0 radical (unpaired) electrons. The molecule has 1 atom stereocenters. The molecule has 1 aliphatic heterocycles. The number of likely N-dealkylation sites (tertiary alicyclic amines) is 1. The molecular weight excluding hydrogens is 358 g/mol. The van der Waals surface area contributed by atoms with Crippen molar-refractivity contribution >= 4 is 16.5 Å². The van der Waals surface area contributed by atoms with Crippen LogP contribution in [0.15, 0.2) is 48.7 Å². The molecule has 3 heterocycles. The van der Waals surface area contributed by atoms with Crippen molar-refractivity contribution in [3.63, 3.8) is 0 Å². The molecule has 1 saturated heterocycles. The van der Waals surface area contributed by atoms with Crippen LogP contribution in [0.4, 0.5) is 0 Å². The van der Waals surface area contributed by atoms with Crippen molar-refractivity contribution in [2.24, 2.45) is 0 Å². The van der Waals surface area contributed by atoms with Gasteiger partial charge in [-0.15, -0.1) is 0 Å². The maximum Gasteiger partial charge on any atom is 0.0708 e. The quantitative estimate of drug-likeness (QED) is 0.637. The van der Waals surface area contributed by atoms with Crippen LogP contribution in [0.25, 0.3) is 27.7 Å². The largest absolute Gasteiger partial charge is 0.395 e. The third-order valence-electron chi connectivity index (χ3n) is 6.48. The van der Waals surface area contributed by atoms with E-state index in [1.165, 1.54) is 54.3 Å². The molecule has 0 bridgehead atoms. The molecule has 1 fully saturated rings. The summed E-state index contributed by atoms with van der Waals surface area (Å²) >= 11 is 0. The van der Waals surface area contributed by atoms with Crippen molar-refractivity contribution in [2.75, 3.05) is 13.2 Å². The summed E-state index contributed by atoms with van der Waals surface area (Å²) in [6, 6.07) is 13.5. The number of aliphatic hydroxyl groups is 1. The van der Waals surface area contributed by atoms with E-state index in [9.17, 15) is 5.11 Å². The van der Waals surface area contributed by atoms with E-state index in [0.29, 0.717) is 6.04 Å². The summed E-state index contributed by atoms with van der Waals surface area (Å²) in [6.45, 7) is 2.19. The third-order valence-corrected chi connectivity index (χ3v) is 6.48. The number of aromatic amines is 1. The number of nitrogens with one attached hydrogen (secondary N) is 1. The number of aliphatic hydroxyl groups excluding tert-OH is 1. The van der Waals surface area contributed by atoms with E-state index < -0.39 is 0 Å². The van der Waals surface area contributed by atoms with E-state index >= 15 is 0 Å². The Morgan fingerprint density at radius 2 is 2.03 bits per heavy atom. The highest BCUT2D eigenvalue weighted by Crippen LogP contribution is 2.30. The van der Waals surface area contributed by atoms with Gasteiger partial charge in [0, 0.05) is 40.9 Å². The second-order valence-electron chi connectivity index (χ2n) is 8.45. The molecule has 0 amide bonds. The van der Waals surface area contributed by atoms with Crippen LogP contribution < -0.4 is 0 Å². The highest BCUT2D eigenvalue weighted by molar-refractivity contribution is 5.85. The summed E-state index contributed by atoms with van der Waals surface area (Å²) in [5.41, 5.74) is 7.36. The number of pyridine rings is 1. The third kappa shape index (κ3) is 3.87. The Morgan fingerprint density at radius 3 is 2.90 bits per heavy atom. The fourth-order valence-corrected chi connectivity index (χ4v) is 4.85. The normalized spacial score (nSPS) is 20.3. The van der Waals surface area contributed by atoms with Gasteiger partial charge in [-0.05, 0) is 86.5 Å². The first-order chi connectivity index (χ1) is 14.3. The molecule has 3 aromatic rings. The predicted molar refractivity (Wildman–Crippen MR) is 118 cm³/mol. The molecule has 4 nitrogen and oxygen atoms in total. The highest BCUT2D eigenvalue weighted by Gasteiger charge is 2.24. The number of benzene rings is 1. The van der Waals surface area contributed by atoms with Gasteiger partial charge in [0.1, 0.15) is 0 Å². The first kappa shape index (κ1) is 18.6. The van der Waals surface area contributed by atoms with Crippen molar-refractivity contribution in [2.45, 2.75) is 51.1 Å². The van der Waals surface area contributed by atoms with Gasteiger partial charge in [-0.3, -0.25) is 9.88 Å².